The molecule has 2 N–H and O–H groups in total. The summed E-state index contributed by atoms with van der Waals surface area (Å²) in [4.78, 5) is 18.4. The van der Waals surface area contributed by atoms with Gasteiger partial charge in [0.05, 0.1) is 26.3 Å². The number of likely N-dealkylation sites (N-methyl/N-ethyl adjacent to an activating group) is 1. The molecule has 3 rings (SSSR count). The van der Waals surface area contributed by atoms with Crippen LogP contribution in [0.1, 0.15) is 38.2 Å². The fourth-order valence-electron chi connectivity index (χ4n) is 4.18. The zero-order valence-electron chi connectivity index (χ0n) is 18.4. The summed E-state index contributed by atoms with van der Waals surface area (Å²) in [6.07, 6.45) is 4.96. The summed E-state index contributed by atoms with van der Waals surface area (Å²) >= 11 is 0. The van der Waals surface area contributed by atoms with Gasteiger partial charge in [-0.1, -0.05) is 18.6 Å². The van der Waals surface area contributed by atoms with Crippen molar-refractivity contribution >= 4 is 35.8 Å². The molecule has 2 saturated carbocycles. The van der Waals surface area contributed by atoms with E-state index in [-0.39, 0.29) is 41.8 Å². The van der Waals surface area contributed by atoms with Crippen molar-refractivity contribution in [1.29, 1.82) is 0 Å². The lowest BCUT2D eigenvalue weighted by Gasteiger charge is -2.61. The third-order valence-corrected chi connectivity index (χ3v) is 6.23. The number of carbonyl (C=O) groups is 1. The number of rotatable bonds is 8. The highest BCUT2D eigenvalue weighted by Gasteiger charge is 2.59. The topological polar surface area (TPSA) is 75.2 Å². The summed E-state index contributed by atoms with van der Waals surface area (Å²) in [5.74, 6) is 1.53. The van der Waals surface area contributed by atoms with E-state index >= 15 is 0 Å². The molecule has 2 atom stereocenters. The van der Waals surface area contributed by atoms with Crippen LogP contribution in [-0.4, -0.2) is 63.3 Å². The number of halogens is 1. The molecule has 1 aromatic carbocycles. The summed E-state index contributed by atoms with van der Waals surface area (Å²) in [5.41, 5.74) is 1.31. The average molecular weight is 530 g/mol. The highest BCUT2D eigenvalue weighted by atomic mass is 127. The molecule has 0 saturated heterocycles. The van der Waals surface area contributed by atoms with Crippen LogP contribution in [0.25, 0.3) is 0 Å². The second-order valence-electron chi connectivity index (χ2n) is 8.12. The van der Waals surface area contributed by atoms with E-state index in [1.54, 1.807) is 26.1 Å². The first kappa shape index (κ1) is 24.7. The van der Waals surface area contributed by atoms with Crippen LogP contribution in [-0.2, 0) is 16.1 Å². The van der Waals surface area contributed by atoms with Gasteiger partial charge in [0.2, 0.25) is 5.91 Å². The van der Waals surface area contributed by atoms with Gasteiger partial charge in [-0.05, 0) is 43.9 Å². The lowest BCUT2D eigenvalue weighted by Crippen LogP contribution is -2.68. The maximum Gasteiger partial charge on any atom is 0.241 e. The molecule has 7 nitrogen and oxygen atoms in total. The van der Waals surface area contributed by atoms with Crippen LogP contribution in [0.5, 0.6) is 5.75 Å². The van der Waals surface area contributed by atoms with E-state index in [1.807, 2.05) is 24.3 Å². The van der Waals surface area contributed by atoms with Crippen LogP contribution in [0.4, 0.5) is 0 Å². The highest BCUT2D eigenvalue weighted by Crippen LogP contribution is 2.57. The lowest BCUT2D eigenvalue weighted by atomic mass is 9.51. The van der Waals surface area contributed by atoms with E-state index in [4.69, 9.17) is 14.5 Å². The second-order valence-corrected chi connectivity index (χ2v) is 8.12. The minimum atomic E-state index is 0. The second kappa shape index (κ2) is 11.2. The molecular weight excluding hydrogens is 495 g/mol. The fraction of sp³-hybridized carbons (Fsp3) is 0.636. The first-order chi connectivity index (χ1) is 14.0. The minimum absolute atomic E-state index is 0. The average Bonchev–Trinajstić information content (AvgIpc) is 2.67. The number of nitrogens with one attached hydrogen (secondary N) is 2. The van der Waals surface area contributed by atoms with Crippen LogP contribution in [0.15, 0.2) is 29.3 Å². The number of carbonyl (C=O) groups excluding carboxylic acids is 1. The monoisotopic (exact) mass is 530 g/mol. The number of nitrogens with zero attached hydrogens (tertiary/aromatic N) is 2. The SMILES string of the molecule is CCOC1CC(NC(=NCc2ccc(OC)cc2)NCC(=O)N(C)C)C12CCC2.I. The van der Waals surface area contributed by atoms with Crippen molar-refractivity contribution < 1.29 is 14.3 Å². The van der Waals surface area contributed by atoms with Gasteiger partial charge in [-0.15, -0.1) is 24.0 Å². The molecular formula is C22H35IN4O3. The van der Waals surface area contributed by atoms with Crippen molar-refractivity contribution in [3.63, 3.8) is 0 Å². The van der Waals surface area contributed by atoms with E-state index in [9.17, 15) is 4.79 Å². The van der Waals surface area contributed by atoms with Crippen LogP contribution in [0.2, 0.25) is 0 Å². The summed E-state index contributed by atoms with van der Waals surface area (Å²) in [7, 11) is 5.17. The molecule has 2 unspecified atom stereocenters. The summed E-state index contributed by atoms with van der Waals surface area (Å²) in [6, 6.07) is 8.22. The quantitative estimate of drug-likeness (QED) is 0.307. The highest BCUT2D eigenvalue weighted by molar-refractivity contribution is 14.0. The molecule has 168 valence electrons. The van der Waals surface area contributed by atoms with Crippen molar-refractivity contribution in [3.8, 4) is 5.75 Å². The minimum Gasteiger partial charge on any atom is -0.497 e. The molecule has 2 aliphatic rings. The lowest BCUT2D eigenvalue weighted by molar-refractivity contribution is -0.168. The number of hydrogen-bond acceptors (Lipinski definition) is 4. The van der Waals surface area contributed by atoms with Gasteiger partial charge in [0.25, 0.3) is 0 Å². The standard InChI is InChI=1S/C22H34N4O3.HI/c1-5-29-19-13-18(22(19)11-6-12-22)25-21(24-15-20(27)26(2)3)23-14-16-7-9-17(28-4)10-8-16;/h7-10,18-19H,5-6,11-15H2,1-4H3,(H2,23,24,25);1H. The Bertz CT molecular complexity index is 720. The predicted octanol–water partition coefficient (Wildman–Crippen LogP) is 2.78. The Morgan fingerprint density at radius 2 is 1.97 bits per heavy atom. The van der Waals surface area contributed by atoms with Gasteiger partial charge in [0.1, 0.15) is 5.75 Å². The van der Waals surface area contributed by atoms with E-state index in [2.05, 4.69) is 17.6 Å². The van der Waals surface area contributed by atoms with Crippen molar-refractivity contribution in [3.05, 3.63) is 29.8 Å². The normalized spacial score (nSPS) is 21.7. The Morgan fingerprint density at radius 3 is 2.50 bits per heavy atom. The number of hydrogen-bond donors (Lipinski definition) is 2. The zero-order chi connectivity index (χ0) is 20.9. The van der Waals surface area contributed by atoms with Gasteiger partial charge in [0.15, 0.2) is 5.96 Å². The predicted molar refractivity (Wildman–Crippen MR) is 129 cm³/mol. The van der Waals surface area contributed by atoms with Gasteiger partial charge in [0, 0.05) is 32.2 Å². The van der Waals surface area contributed by atoms with Gasteiger partial charge < -0.3 is 25.0 Å². The van der Waals surface area contributed by atoms with Crippen LogP contribution >= 0.6 is 24.0 Å². The number of aliphatic imine (C=N–C) groups is 1. The Hall–Kier alpha value is -1.55. The van der Waals surface area contributed by atoms with Gasteiger partial charge in [-0.2, -0.15) is 0 Å². The third-order valence-electron chi connectivity index (χ3n) is 6.23. The molecule has 30 heavy (non-hydrogen) atoms. The van der Waals surface area contributed by atoms with Crippen molar-refractivity contribution in [2.24, 2.45) is 10.4 Å². The van der Waals surface area contributed by atoms with Crippen LogP contribution in [0.3, 0.4) is 0 Å². The summed E-state index contributed by atoms with van der Waals surface area (Å²) in [5, 5.41) is 6.79. The van der Waals surface area contributed by atoms with Gasteiger partial charge in [-0.3, -0.25) is 4.79 Å². The first-order valence-electron chi connectivity index (χ1n) is 10.5. The van der Waals surface area contributed by atoms with E-state index < -0.39 is 0 Å². The zero-order valence-corrected chi connectivity index (χ0v) is 20.8. The van der Waals surface area contributed by atoms with E-state index in [1.165, 1.54) is 19.3 Å². The smallest absolute Gasteiger partial charge is 0.241 e. The molecule has 1 aromatic rings. The molecule has 0 aromatic heterocycles. The number of guanidine groups is 1. The molecule has 2 fully saturated rings. The summed E-state index contributed by atoms with van der Waals surface area (Å²) in [6.45, 7) is 3.57. The molecule has 0 aliphatic heterocycles. The van der Waals surface area contributed by atoms with Gasteiger partial charge in [-0.25, -0.2) is 4.99 Å². The largest absolute Gasteiger partial charge is 0.497 e. The number of methoxy groups -OCH3 is 1. The maximum absolute atomic E-state index is 12.0. The molecule has 0 radical (unpaired) electrons. The van der Waals surface area contributed by atoms with E-state index in [0.717, 1.165) is 24.3 Å². The molecule has 8 heteroatoms. The molecule has 2 aliphatic carbocycles. The third kappa shape index (κ3) is 5.57. The molecule has 1 amide bonds. The maximum atomic E-state index is 12.0. The number of ether oxygens (including phenoxy) is 2. The first-order valence-corrected chi connectivity index (χ1v) is 10.5. The Morgan fingerprint density at radius 1 is 1.27 bits per heavy atom. The Kier molecular flexibility index (Phi) is 9.21. The van der Waals surface area contributed by atoms with Crippen molar-refractivity contribution in [2.45, 2.75) is 51.3 Å². The van der Waals surface area contributed by atoms with Crippen molar-refractivity contribution in [1.82, 2.24) is 15.5 Å². The molecule has 0 heterocycles. The Labute approximate surface area is 197 Å². The summed E-state index contributed by atoms with van der Waals surface area (Å²) < 4.78 is 11.2. The molecule has 0 bridgehead atoms. The van der Waals surface area contributed by atoms with Crippen LogP contribution in [0, 0.1) is 5.41 Å². The molecule has 1 spiro atoms. The van der Waals surface area contributed by atoms with Gasteiger partial charge >= 0.3 is 0 Å². The number of benzene rings is 1. The Balaban J connectivity index is 0.00000320. The van der Waals surface area contributed by atoms with E-state index in [0.29, 0.717) is 24.7 Å². The van der Waals surface area contributed by atoms with Crippen LogP contribution < -0.4 is 15.4 Å². The fourth-order valence-corrected chi connectivity index (χ4v) is 4.18. The van der Waals surface area contributed by atoms with Crippen molar-refractivity contribution in [2.75, 3.05) is 34.4 Å². The number of amides is 1.